The van der Waals surface area contributed by atoms with Crippen LogP contribution in [0.1, 0.15) is 21.5 Å². The molecule has 1 amide bonds. The third-order valence-electron chi connectivity index (χ3n) is 3.67. The fraction of sp³-hybridized carbons (Fsp3) is 0.0526. The number of carbonyl (C=O) groups excluding carboxylic acids is 1. The molecule has 0 atom stereocenters. The monoisotopic (exact) mass is 304 g/mol. The molecule has 3 rings (SSSR count). The quantitative estimate of drug-likeness (QED) is 0.573. The summed E-state index contributed by atoms with van der Waals surface area (Å²) < 4.78 is 0. The van der Waals surface area contributed by atoms with Gasteiger partial charge in [0.2, 0.25) is 0 Å². The Morgan fingerprint density at radius 2 is 1.70 bits per heavy atom. The van der Waals surface area contributed by atoms with Crippen LogP contribution in [0, 0.1) is 6.92 Å². The van der Waals surface area contributed by atoms with E-state index in [0.29, 0.717) is 0 Å². The number of hydrazone groups is 1. The number of amides is 1. The van der Waals surface area contributed by atoms with Crippen LogP contribution in [-0.4, -0.2) is 17.2 Å². The summed E-state index contributed by atoms with van der Waals surface area (Å²) in [6.07, 6.45) is 1.59. The van der Waals surface area contributed by atoms with Gasteiger partial charge in [0.25, 0.3) is 5.91 Å². The molecule has 4 heteroatoms. The first kappa shape index (κ1) is 14.8. The second-order valence-corrected chi connectivity index (χ2v) is 5.27. The molecule has 0 aromatic heterocycles. The molecule has 4 nitrogen and oxygen atoms in total. The Balaban J connectivity index is 1.81. The molecule has 0 radical (unpaired) electrons. The first-order valence-corrected chi connectivity index (χ1v) is 7.26. The fourth-order valence-corrected chi connectivity index (χ4v) is 2.36. The summed E-state index contributed by atoms with van der Waals surface area (Å²) in [4.78, 5) is 12.2. The van der Waals surface area contributed by atoms with E-state index in [1.807, 2.05) is 55.5 Å². The van der Waals surface area contributed by atoms with E-state index in [1.165, 1.54) is 0 Å². The standard InChI is InChI=1S/C19H16N2O2/c1-13-6-2-3-9-16(13)12-20-21-19(23)17-10-14-7-4-5-8-15(14)11-18(17)22/h2-12,22H,1H3,(H,21,23)/b20-12+. The average Bonchev–Trinajstić information content (AvgIpc) is 2.56. The summed E-state index contributed by atoms with van der Waals surface area (Å²) in [5.74, 6) is -0.509. The van der Waals surface area contributed by atoms with Gasteiger partial charge >= 0.3 is 0 Å². The number of nitrogens with one attached hydrogen (secondary N) is 1. The first-order chi connectivity index (χ1) is 11.1. The minimum absolute atomic E-state index is 0.0627. The van der Waals surface area contributed by atoms with Crippen LogP contribution < -0.4 is 5.43 Å². The molecular weight excluding hydrogens is 288 g/mol. The van der Waals surface area contributed by atoms with Gasteiger partial charge in [-0.2, -0.15) is 5.10 Å². The minimum Gasteiger partial charge on any atom is -0.507 e. The lowest BCUT2D eigenvalue weighted by Crippen LogP contribution is -2.17. The number of hydrogen-bond acceptors (Lipinski definition) is 3. The number of phenolic OH excluding ortho intramolecular Hbond substituents is 1. The molecular formula is C19H16N2O2. The number of phenols is 1. The SMILES string of the molecule is Cc1ccccc1/C=N/NC(=O)c1cc2ccccc2cc1O. The summed E-state index contributed by atoms with van der Waals surface area (Å²) in [6.45, 7) is 1.97. The van der Waals surface area contributed by atoms with Gasteiger partial charge in [-0.3, -0.25) is 4.79 Å². The molecule has 0 unspecified atom stereocenters. The number of aromatic hydroxyl groups is 1. The zero-order valence-electron chi connectivity index (χ0n) is 12.7. The second-order valence-electron chi connectivity index (χ2n) is 5.27. The van der Waals surface area contributed by atoms with E-state index < -0.39 is 5.91 Å². The normalized spacial score (nSPS) is 11.0. The number of aryl methyl sites for hydroxylation is 1. The second kappa shape index (κ2) is 6.32. The van der Waals surface area contributed by atoms with E-state index in [4.69, 9.17) is 0 Å². The van der Waals surface area contributed by atoms with Crippen molar-refractivity contribution in [1.82, 2.24) is 5.43 Å². The predicted molar refractivity (Wildman–Crippen MR) is 91.9 cm³/mol. The number of benzene rings is 3. The molecule has 0 aliphatic rings. The summed E-state index contributed by atoms with van der Waals surface area (Å²) in [5, 5.41) is 15.8. The Labute approximate surface area is 134 Å². The van der Waals surface area contributed by atoms with E-state index in [1.54, 1.807) is 18.3 Å². The number of nitrogens with zero attached hydrogens (tertiary/aromatic N) is 1. The highest BCUT2D eigenvalue weighted by molar-refractivity contribution is 6.01. The van der Waals surface area contributed by atoms with Gasteiger partial charge in [-0.15, -0.1) is 0 Å². The predicted octanol–water partition coefficient (Wildman–Crippen LogP) is 3.62. The Morgan fingerprint density at radius 3 is 2.43 bits per heavy atom. The van der Waals surface area contributed by atoms with Crippen molar-refractivity contribution < 1.29 is 9.90 Å². The van der Waals surface area contributed by atoms with Crippen molar-refractivity contribution in [3.63, 3.8) is 0 Å². The van der Waals surface area contributed by atoms with E-state index in [-0.39, 0.29) is 11.3 Å². The van der Waals surface area contributed by atoms with Crippen LogP contribution in [0.2, 0.25) is 0 Å². The minimum atomic E-state index is -0.446. The molecule has 0 aliphatic carbocycles. The van der Waals surface area contributed by atoms with Gasteiger partial charge in [-0.25, -0.2) is 5.43 Å². The lowest BCUT2D eigenvalue weighted by molar-refractivity contribution is 0.0952. The van der Waals surface area contributed by atoms with Crippen LogP contribution in [0.3, 0.4) is 0 Å². The van der Waals surface area contributed by atoms with Crippen molar-refractivity contribution in [2.24, 2.45) is 5.10 Å². The molecule has 0 saturated heterocycles. The highest BCUT2D eigenvalue weighted by Crippen LogP contribution is 2.24. The number of fused-ring (bicyclic) bond motifs is 1. The molecule has 0 heterocycles. The fourth-order valence-electron chi connectivity index (χ4n) is 2.36. The van der Waals surface area contributed by atoms with Crippen LogP contribution in [0.5, 0.6) is 5.75 Å². The molecule has 3 aromatic carbocycles. The largest absolute Gasteiger partial charge is 0.507 e. The molecule has 0 spiro atoms. The molecule has 114 valence electrons. The Morgan fingerprint density at radius 1 is 1.04 bits per heavy atom. The Kier molecular flexibility index (Phi) is 4.06. The molecule has 0 fully saturated rings. The summed E-state index contributed by atoms with van der Waals surface area (Å²) >= 11 is 0. The molecule has 3 aromatic rings. The molecule has 0 bridgehead atoms. The molecule has 23 heavy (non-hydrogen) atoms. The van der Waals surface area contributed by atoms with E-state index >= 15 is 0 Å². The van der Waals surface area contributed by atoms with Gasteiger partial charge in [0.1, 0.15) is 5.75 Å². The maximum Gasteiger partial charge on any atom is 0.275 e. The van der Waals surface area contributed by atoms with Gasteiger partial charge in [-0.05, 0) is 41.0 Å². The smallest absolute Gasteiger partial charge is 0.275 e. The Bertz CT molecular complexity index is 901. The zero-order chi connectivity index (χ0) is 16.2. The summed E-state index contributed by atoms with van der Waals surface area (Å²) in [5.41, 5.74) is 4.65. The highest BCUT2D eigenvalue weighted by atomic mass is 16.3. The third-order valence-corrected chi connectivity index (χ3v) is 3.67. The lowest BCUT2D eigenvalue weighted by atomic mass is 10.1. The maximum absolute atomic E-state index is 12.2. The number of carbonyl (C=O) groups is 1. The van der Waals surface area contributed by atoms with Gasteiger partial charge in [0.05, 0.1) is 11.8 Å². The van der Waals surface area contributed by atoms with Crippen molar-refractivity contribution in [2.45, 2.75) is 6.92 Å². The summed E-state index contributed by atoms with van der Waals surface area (Å²) in [7, 11) is 0. The van der Waals surface area contributed by atoms with E-state index in [0.717, 1.165) is 21.9 Å². The van der Waals surface area contributed by atoms with Crippen molar-refractivity contribution >= 4 is 22.9 Å². The number of rotatable bonds is 3. The third kappa shape index (κ3) is 3.21. The van der Waals surface area contributed by atoms with E-state index in [9.17, 15) is 9.90 Å². The van der Waals surface area contributed by atoms with Gasteiger partial charge in [0.15, 0.2) is 0 Å². The van der Waals surface area contributed by atoms with Crippen LogP contribution in [0.25, 0.3) is 10.8 Å². The molecule has 2 N–H and O–H groups in total. The Hall–Kier alpha value is -3.14. The van der Waals surface area contributed by atoms with Crippen LogP contribution in [0.4, 0.5) is 0 Å². The van der Waals surface area contributed by atoms with Gasteiger partial charge in [-0.1, -0.05) is 48.5 Å². The maximum atomic E-state index is 12.2. The van der Waals surface area contributed by atoms with E-state index in [2.05, 4.69) is 10.5 Å². The zero-order valence-corrected chi connectivity index (χ0v) is 12.7. The molecule has 0 saturated carbocycles. The first-order valence-electron chi connectivity index (χ1n) is 7.26. The van der Waals surface area contributed by atoms with Gasteiger partial charge < -0.3 is 5.11 Å². The lowest BCUT2D eigenvalue weighted by Gasteiger charge is -2.06. The van der Waals surface area contributed by atoms with Crippen LogP contribution >= 0.6 is 0 Å². The van der Waals surface area contributed by atoms with Gasteiger partial charge in [0, 0.05) is 0 Å². The van der Waals surface area contributed by atoms with Crippen LogP contribution in [0.15, 0.2) is 65.8 Å². The molecule has 0 aliphatic heterocycles. The van der Waals surface area contributed by atoms with Crippen molar-refractivity contribution in [1.29, 1.82) is 0 Å². The van der Waals surface area contributed by atoms with Crippen LogP contribution in [-0.2, 0) is 0 Å². The average molecular weight is 304 g/mol. The van der Waals surface area contributed by atoms with Crippen molar-refractivity contribution in [2.75, 3.05) is 0 Å². The topological polar surface area (TPSA) is 61.7 Å². The highest BCUT2D eigenvalue weighted by Gasteiger charge is 2.11. The van der Waals surface area contributed by atoms with Crippen molar-refractivity contribution in [3.8, 4) is 5.75 Å². The number of hydrogen-bond donors (Lipinski definition) is 2. The van der Waals surface area contributed by atoms with Crippen molar-refractivity contribution in [3.05, 3.63) is 77.4 Å². The summed E-state index contributed by atoms with van der Waals surface area (Å²) in [6, 6.07) is 18.5.